The van der Waals surface area contributed by atoms with Crippen LogP contribution in [0.2, 0.25) is 0 Å². The van der Waals surface area contributed by atoms with E-state index in [1.807, 2.05) is 0 Å². The molecule has 1 aromatic carbocycles. The van der Waals surface area contributed by atoms with Gasteiger partial charge in [0.2, 0.25) is 0 Å². The van der Waals surface area contributed by atoms with Gasteiger partial charge >= 0.3 is 5.69 Å². The van der Waals surface area contributed by atoms with Crippen molar-refractivity contribution in [3.05, 3.63) is 58.6 Å². The molecule has 2 aliphatic heterocycles. The lowest BCUT2D eigenvalue weighted by molar-refractivity contribution is -0.729. The smallest absolute Gasteiger partial charge is 0.321 e. The van der Waals surface area contributed by atoms with Crippen molar-refractivity contribution >= 4 is 11.5 Å². The third-order valence-electron chi connectivity index (χ3n) is 5.22. The van der Waals surface area contributed by atoms with Gasteiger partial charge in [0.05, 0.1) is 24.2 Å². The van der Waals surface area contributed by atoms with Crippen LogP contribution in [0, 0.1) is 4.91 Å². The van der Waals surface area contributed by atoms with E-state index in [1.165, 1.54) is 17.2 Å². The highest BCUT2D eigenvalue weighted by Crippen LogP contribution is 2.41. The predicted molar refractivity (Wildman–Crippen MR) is 88.5 cm³/mol. The topological polar surface area (TPSA) is 65.7 Å². The summed E-state index contributed by atoms with van der Waals surface area (Å²) in [5, 5.41) is 9.07. The Hall–Kier alpha value is -2.47. The third kappa shape index (κ3) is 2.53. The van der Waals surface area contributed by atoms with Crippen molar-refractivity contribution in [1.29, 1.82) is 0 Å². The average Bonchev–Trinajstić information content (AvgIpc) is 2.63. The fourth-order valence-corrected chi connectivity index (χ4v) is 3.87. The summed E-state index contributed by atoms with van der Waals surface area (Å²) in [5.41, 5.74) is 2.98. The van der Waals surface area contributed by atoms with E-state index in [9.17, 15) is 4.91 Å². The number of hydrogen-bond donors (Lipinski definition) is 1. The molecular formula is C18H20N3O3+. The van der Waals surface area contributed by atoms with Gasteiger partial charge in [0.15, 0.2) is 0 Å². The maximum Gasteiger partial charge on any atom is 0.321 e. The van der Waals surface area contributed by atoms with Crippen LogP contribution in [0.3, 0.4) is 0 Å². The van der Waals surface area contributed by atoms with Gasteiger partial charge in [-0.05, 0) is 24.0 Å². The standard InChI is InChI=1S/C18H20N3O3/c22-21(23)15-5-8-19-17(11-15)20-9-6-18(7-10-20)13-24-12-14-3-1-2-4-16(14)18/h1-5,8,11H,6-7,9-10,12-13H2,(H,22,23)/q+1. The van der Waals surface area contributed by atoms with E-state index in [0.717, 1.165) is 38.4 Å². The first-order chi connectivity index (χ1) is 11.7. The van der Waals surface area contributed by atoms with E-state index in [1.54, 1.807) is 12.3 Å². The number of pyridine rings is 1. The molecule has 1 saturated heterocycles. The predicted octanol–water partition coefficient (Wildman–Crippen LogP) is 2.95. The first kappa shape index (κ1) is 15.1. The number of ether oxygens (including phenoxy) is 1. The summed E-state index contributed by atoms with van der Waals surface area (Å²) in [5.74, 6) is 0.724. The van der Waals surface area contributed by atoms with Crippen LogP contribution >= 0.6 is 0 Å². The number of nitrogens with zero attached hydrogens (tertiary/aromatic N) is 3. The van der Waals surface area contributed by atoms with Crippen molar-refractivity contribution in [3.63, 3.8) is 0 Å². The molecule has 3 heterocycles. The molecule has 6 heteroatoms. The van der Waals surface area contributed by atoms with E-state index in [-0.39, 0.29) is 16.0 Å². The Morgan fingerprint density at radius 1 is 1.21 bits per heavy atom. The Kier molecular flexibility index (Phi) is 3.69. The number of rotatable bonds is 2. The molecule has 24 heavy (non-hydrogen) atoms. The van der Waals surface area contributed by atoms with Crippen LogP contribution < -0.4 is 4.90 Å². The van der Waals surface area contributed by atoms with E-state index in [2.05, 4.69) is 34.1 Å². The molecule has 0 amide bonds. The molecule has 0 radical (unpaired) electrons. The summed E-state index contributed by atoms with van der Waals surface area (Å²) >= 11 is 0. The van der Waals surface area contributed by atoms with Gasteiger partial charge in [0.1, 0.15) is 5.82 Å². The van der Waals surface area contributed by atoms with Gasteiger partial charge in [-0.25, -0.2) is 10.2 Å². The van der Waals surface area contributed by atoms with Gasteiger partial charge < -0.3 is 9.64 Å². The van der Waals surface area contributed by atoms with Crippen LogP contribution in [-0.4, -0.2) is 34.8 Å². The number of anilines is 1. The number of aromatic nitrogens is 1. The molecule has 1 fully saturated rings. The van der Waals surface area contributed by atoms with Crippen molar-refractivity contribution in [2.24, 2.45) is 0 Å². The molecule has 1 N–H and O–H groups in total. The molecule has 4 rings (SSSR count). The first-order valence-corrected chi connectivity index (χ1v) is 8.21. The molecule has 0 aliphatic carbocycles. The molecule has 0 unspecified atom stereocenters. The van der Waals surface area contributed by atoms with Gasteiger partial charge in [0.25, 0.3) is 4.92 Å². The summed E-state index contributed by atoms with van der Waals surface area (Å²) in [6, 6.07) is 11.7. The monoisotopic (exact) mass is 326 g/mol. The second-order valence-electron chi connectivity index (χ2n) is 6.56. The summed E-state index contributed by atoms with van der Waals surface area (Å²) in [7, 11) is 0. The lowest BCUT2D eigenvalue weighted by Crippen LogP contribution is -2.47. The van der Waals surface area contributed by atoms with E-state index in [4.69, 9.17) is 9.94 Å². The summed E-state index contributed by atoms with van der Waals surface area (Å²) in [6.45, 7) is 3.15. The first-order valence-electron chi connectivity index (χ1n) is 8.21. The number of benzene rings is 1. The minimum atomic E-state index is -0.123. The summed E-state index contributed by atoms with van der Waals surface area (Å²) < 4.78 is 5.87. The second-order valence-corrected chi connectivity index (χ2v) is 6.56. The van der Waals surface area contributed by atoms with Crippen molar-refractivity contribution in [1.82, 2.24) is 4.98 Å². The van der Waals surface area contributed by atoms with E-state index < -0.39 is 0 Å². The number of hydrogen-bond acceptors (Lipinski definition) is 4. The lowest BCUT2D eigenvalue weighted by atomic mass is 9.71. The fourth-order valence-electron chi connectivity index (χ4n) is 3.87. The minimum absolute atomic E-state index is 0.0739. The third-order valence-corrected chi connectivity index (χ3v) is 5.22. The van der Waals surface area contributed by atoms with Crippen LogP contribution in [-0.2, 0) is 16.8 Å². The van der Waals surface area contributed by atoms with Crippen LogP contribution in [0.15, 0.2) is 42.6 Å². The Labute approximate surface area is 140 Å². The van der Waals surface area contributed by atoms with Crippen LogP contribution in [0.1, 0.15) is 24.0 Å². The molecule has 1 spiro atoms. The van der Waals surface area contributed by atoms with Gasteiger partial charge in [-0.15, -0.1) is 0 Å². The maximum absolute atomic E-state index is 11.1. The molecule has 0 bridgehead atoms. The Bertz CT molecular complexity index is 770. The van der Waals surface area contributed by atoms with Crippen LogP contribution in [0.25, 0.3) is 0 Å². The van der Waals surface area contributed by atoms with Crippen molar-refractivity contribution in [2.45, 2.75) is 24.9 Å². The van der Waals surface area contributed by atoms with Crippen molar-refractivity contribution in [3.8, 4) is 0 Å². The zero-order valence-corrected chi connectivity index (χ0v) is 13.4. The fraction of sp³-hybridized carbons (Fsp3) is 0.389. The van der Waals surface area contributed by atoms with Crippen LogP contribution in [0.5, 0.6) is 0 Å². The molecule has 1 aromatic heterocycles. The summed E-state index contributed by atoms with van der Waals surface area (Å²) in [4.78, 5) is 17.4. The molecule has 6 nitrogen and oxygen atoms in total. The molecule has 2 aromatic rings. The largest absolute Gasteiger partial charge is 0.376 e. The van der Waals surface area contributed by atoms with Crippen molar-refractivity contribution < 1.29 is 14.9 Å². The zero-order valence-electron chi connectivity index (χ0n) is 13.4. The minimum Gasteiger partial charge on any atom is -0.376 e. The van der Waals surface area contributed by atoms with Gasteiger partial charge in [-0.1, -0.05) is 24.3 Å². The Morgan fingerprint density at radius 2 is 2.00 bits per heavy atom. The molecule has 0 atom stereocenters. The van der Waals surface area contributed by atoms with Crippen LogP contribution in [0.4, 0.5) is 11.5 Å². The van der Waals surface area contributed by atoms with Gasteiger partial charge in [-0.3, -0.25) is 0 Å². The maximum atomic E-state index is 11.1. The summed E-state index contributed by atoms with van der Waals surface area (Å²) in [6.07, 6.45) is 3.52. The quantitative estimate of drug-likeness (QED) is 0.860. The highest BCUT2D eigenvalue weighted by molar-refractivity contribution is 5.48. The lowest BCUT2D eigenvalue weighted by Gasteiger charge is -2.45. The molecular weight excluding hydrogens is 306 g/mol. The Balaban J connectivity index is 1.56. The highest BCUT2D eigenvalue weighted by atomic mass is 16.6. The second kappa shape index (κ2) is 5.87. The SMILES string of the molecule is O=[N+](O)c1ccnc(N2CCC3(CC2)COCc2ccccc23)c1. The number of piperidine rings is 1. The highest BCUT2D eigenvalue weighted by Gasteiger charge is 2.40. The average molecular weight is 326 g/mol. The molecule has 2 aliphatic rings. The molecule has 0 saturated carbocycles. The van der Waals surface area contributed by atoms with Gasteiger partial charge in [-0.2, -0.15) is 0 Å². The van der Waals surface area contributed by atoms with E-state index in [0.29, 0.717) is 6.61 Å². The number of fused-ring (bicyclic) bond motifs is 2. The molecule has 124 valence electrons. The van der Waals surface area contributed by atoms with Crippen molar-refractivity contribution in [2.75, 3.05) is 24.6 Å². The van der Waals surface area contributed by atoms with E-state index >= 15 is 0 Å². The zero-order chi connectivity index (χ0) is 16.6. The normalized spacial score (nSPS) is 19.1. The Morgan fingerprint density at radius 3 is 2.79 bits per heavy atom. The van der Waals surface area contributed by atoms with Gasteiger partial charge in [0, 0.05) is 30.8 Å².